The van der Waals surface area contributed by atoms with Crippen LogP contribution in [-0.4, -0.2) is 44.6 Å². The number of fused-ring (bicyclic) bond motifs is 1. The Kier molecular flexibility index (Phi) is 7.53. The normalized spacial score (nSPS) is 15.7. The molecule has 4 rings (SSSR count). The second-order valence-corrected chi connectivity index (χ2v) is 9.23. The van der Waals surface area contributed by atoms with Crippen LogP contribution < -0.4 is 10.1 Å². The quantitative estimate of drug-likeness (QED) is 0.343. The third-order valence-corrected chi connectivity index (χ3v) is 6.61. The van der Waals surface area contributed by atoms with Gasteiger partial charge in [-0.25, -0.2) is 8.42 Å². The van der Waals surface area contributed by atoms with Gasteiger partial charge in [-0.05, 0) is 56.0 Å². The maximum absolute atomic E-state index is 10.7. The lowest BCUT2D eigenvalue weighted by molar-refractivity contribution is 0.0680. The first-order valence-corrected chi connectivity index (χ1v) is 12.7. The number of thiol groups is 1. The van der Waals surface area contributed by atoms with E-state index in [1.54, 1.807) is 0 Å². The van der Waals surface area contributed by atoms with E-state index in [0.29, 0.717) is 25.1 Å². The van der Waals surface area contributed by atoms with Gasteiger partial charge in [-0.1, -0.05) is 12.1 Å². The molecule has 2 aromatic carbocycles. The number of anilines is 1. The molecule has 0 unspecified atom stereocenters. The predicted octanol–water partition coefficient (Wildman–Crippen LogP) is 4.17. The molecule has 3 aromatic rings. The van der Waals surface area contributed by atoms with Crippen molar-refractivity contribution in [3.05, 3.63) is 48.0 Å². The van der Waals surface area contributed by atoms with E-state index < -0.39 is 10.7 Å². The third kappa shape index (κ3) is 5.32. The molecule has 0 amide bonds. The minimum absolute atomic E-state index is 0.152. The van der Waals surface area contributed by atoms with Gasteiger partial charge >= 0.3 is 0 Å². The van der Waals surface area contributed by atoms with Crippen LogP contribution in [0.25, 0.3) is 22.2 Å². The van der Waals surface area contributed by atoms with Crippen LogP contribution in [0.3, 0.4) is 0 Å². The molecule has 33 heavy (non-hydrogen) atoms. The molecule has 1 aliphatic rings. The number of ether oxygens (including phenoxy) is 2. The van der Waals surface area contributed by atoms with Gasteiger partial charge in [0.2, 0.25) is 0 Å². The van der Waals surface area contributed by atoms with Gasteiger partial charge in [0, 0.05) is 42.6 Å². The van der Waals surface area contributed by atoms with Gasteiger partial charge in [-0.2, -0.15) is 5.26 Å². The van der Waals surface area contributed by atoms with Crippen LogP contribution in [0.5, 0.6) is 5.75 Å². The van der Waals surface area contributed by atoms with Gasteiger partial charge in [0.25, 0.3) is 0 Å². The van der Waals surface area contributed by atoms with E-state index >= 15 is 0 Å². The van der Waals surface area contributed by atoms with Gasteiger partial charge in [0.05, 0.1) is 22.9 Å². The van der Waals surface area contributed by atoms with Gasteiger partial charge in [-0.3, -0.25) is 0 Å². The number of aromatic nitrogens is 1. The van der Waals surface area contributed by atoms with E-state index in [0.717, 1.165) is 59.6 Å². The summed E-state index contributed by atoms with van der Waals surface area (Å²) in [6.45, 7) is 4.72. The second kappa shape index (κ2) is 10.7. The first kappa shape index (κ1) is 23.1. The molecule has 0 bridgehead atoms. The van der Waals surface area contributed by atoms with Crippen LogP contribution in [0.4, 0.5) is 5.69 Å². The van der Waals surface area contributed by atoms with Crippen molar-refractivity contribution in [3.63, 3.8) is 0 Å². The summed E-state index contributed by atoms with van der Waals surface area (Å²) < 4.78 is 35.2. The molecule has 1 fully saturated rings. The zero-order valence-electron chi connectivity index (χ0n) is 18.8. The molecule has 1 aromatic heterocycles. The summed E-state index contributed by atoms with van der Waals surface area (Å²) in [5, 5.41) is 14.1. The molecule has 0 saturated carbocycles. The third-order valence-electron chi connectivity index (χ3n) is 5.93. The maximum atomic E-state index is 10.7. The average Bonchev–Trinajstić information content (AvgIpc) is 3.46. The van der Waals surface area contributed by atoms with Gasteiger partial charge in [0.15, 0.2) is 0 Å². The number of hydrogen-bond donors (Lipinski definition) is 2. The molecular formula is C25H29N3O4S. The van der Waals surface area contributed by atoms with Crippen molar-refractivity contribution in [2.24, 2.45) is 0 Å². The summed E-state index contributed by atoms with van der Waals surface area (Å²) in [5.74, 6) is 0.961. The highest BCUT2D eigenvalue weighted by molar-refractivity contribution is 7.72. The van der Waals surface area contributed by atoms with E-state index in [1.165, 1.54) is 0 Å². The Bertz CT molecular complexity index is 1210. The SMILES string of the molecule is CCn1c(-c2ccc(NCCC[SH](=O)=O)cc2)c(C#N)c2ccc(OC[C@H]3CCCO3)cc21. The average molecular weight is 468 g/mol. The molecule has 1 N–H and O–H groups in total. The van der Waals surface area contributed by atoms with Crippen LogP contribution >= 0.6 is 0 Å². The second-order valence-electron chi connectivity index (χ2n) is 8.12. The Morgan fingerprint density at radius 1 is 1.24 bits per heavy atom. The monoisotopic (exact) mass is 467 g/mol. The Morgan fingerprint density at radius 2 is 2.06 bits per heavy atom. The van der Waals surface area contributed by atoms with E-state index in [4.69, 9.17) is 9.47 Å². The number of nitriles is 1. The fourth-order valence-corrected chi connectivity index (χ4v) is 4.73. The zero-order valence-corrected chi connectivity index (χ0v) is 19.6. The van der Waals surface area contributed by atoms with Crippen molar-refractivity contribution < 1.29 is 17.9 Å². The van der Waals surface area contributed by atoms with Crippen LogP contribution in [-0.2, 0) is 22.0 Å². The molecule has 174 valence electrons. The van der Waals surface area contributed by atoms with E-state index in [2.05, 4.69) is 22.9 Å². The Hall–Kier alpha value is -3.02. The van der Waals surface area contributed by atoms with Crippen molar-refractivity contribution in [2.75, 3.05) is 30.8 Å². The summed E-state index contributed by atoms with van der Waals surface area (Å²) >= 11 is 0. The minimum atomic E-state index is -2.33. The van der Waals surface area contributed by atoms with Gasteiger partial charge < -0.3 is 19.4 Å². The number of nitrogens with one attached hydrogen (secondary N) is 1. The lowest BCUT2D eigenvalue weighted by Gasteiger charge is -2.13. The smallest absolute Gasteiger partial charge is 0.140 e. The predicted molar refractivity (Wildman–Crippen MR) is 131 cm³/mol. The largest absolute Gasteiger partial charge is 0.491 e. The minimum Gasteiger partial charge on any atom is -0.491 e. The van der Waals surface area contributed by atoms with E-state index in [9.17, 15) is 13.7 Å². The molecule has 1 saturated heterocycles. The molecule has 7 nitrogen and oxygen atoms in total. The first-order chi connectivity index (χ1) is 16.1. The van der Waals surface area contributed by atoms with Gasteiger partial charge in [0.1, 0.15) is 29.1 Å². The molecule has 1 atom stereocenters. The first-order valence-electron chi connectivity index (χ1n) is 11.4. The lowest BCUT2D eigenvalue weighted by Crippen LogP contribution is -2.16. The molecule has 0 spiro atoms. The van der Waals surface area contributed by atoms with Crippen LogP contribution in [0.1, 0.15) is 31.7 Å². The molecule has 0 aliphatic carbocycles. The van der Waals surface area contributed by atoms with Gasteiger partial charge in [-0.15, -0.1) is 0 Å². The summed E-state index contributed by atoms with van der Waals surface area (Å²) in [6.07, 6.45) is 2.83. The van der Waals surface area contributed by atoms with Crippen molar-refractivity contribution >= 4 is 27.3 Å². The lowest BCUT2D eigenvalue weighted by atomic mass is 10.1. The summed E-state index contributed by atoms with van der Waals surface area (Å²) in [7, 11) is -2.33. The van der Waals surface area contributed by atoms with Crippen molar-refractivity contribution in [2.45, 2.75) is 38.8 Å². The van der Waals surface area contributed by atoms with Crippen molar-refractivity contribution in [1.82, 2.24) is 4.57 Å². The standard InChI is InChI=1S/C25H29N3O4S/c1-2-28-24-15-20(32-17-21-5-3-13-31-21)10-11-22(24)23(16-26)25(28)18-6-8-19(9-7-18)27-12-4-14-33(29)30/h6-11,15,21,27,33H,2-5,12-14,17H2,1H3/t21-/m1/s1. The highest BCUT2D eigenvalue weighted by atomic mass is 32.2. The Labute approximate surface area is 195 Å². The number of hydrogen-bond acceptors (Lipinski definition) is 6. The fourth-order valence-electron chi connectivity index (χ4n) is 4.31. The van der Waals surface area contributed by atoms with Crippen LogP contribution in [0.15, 0.2) is 42.5 Å². The summed E-state index contributed by atoms with van der Waals surface area (Å²) in [5.41, 5.74) is 4.39. The van der Waals surface area contributed by atoms with E-state index in [1.807, 2.05) is 42.5 Å². The molecular weight excluding hydrogens is 438 g/mol. The number of benzene rings is 2. The summed E-state index contributed by atoms with van der Waals surface area (Å²) in [4.78, 5) is 0. The van der Waals surface area contributed by atoms with Crippen LogP contribution in [0, 0.1) is 11.3 Å². The Morgan fingerprint density at radius 3 is 2.73 bits per heavy atom. The topological polar surface area (TPSA) is 93.4 Å². The maximum Gasteiger partial charge on any atom is 0.140 e. The zero-order chi connectivity index (χ0) is 23.2. The van der Waals surface area contributed by atoms with Crippen molar-refractivity contribution in [1.29, 1.82) is 5.26 Å². The van der Waals surface area contributed by atoms with Crippen molar-refractivity contribution in [3.8, 4) is 23.1 Å². The molecule has 0 radical (unpaired) electrons. The van der Waals surface area contributed by atoms with Crippen LogP contribution in [0.2, 0.25) is 0 Å². The number of aryl methyl sites for hydroxylation is 1. The molecule has 2 heterocycles. The highest BCUT2D eigenvalue weighted by Crippen LogP contribution is 2.36. The fraction of sp³-hybridized carbons (Fsp3) is 0.400. The number of rotatable bonds is 10. The summed E-state index contributed by atoms with van der Waals surface area (Å²) in [6, 6.07) is 16.2. The highest BCUT2D eigenvalue weighted by Gasteiger charge is 2.20. The molecule has 1 aliphatic heterocycles. The molecule has 8 heteroatoms. The Balaban J connectivity index is 1.59. The number of nitrogens with zero attached hydrogens (tertiary/aromatic N) is 2. The van der Waals surface area contributed by atoms with E-state index in [-0.39, 0.29) is 11.9 Å².